The van der Waals surface area contributed by atoms with Crippen LogP contribution in [0.3, 0.4) is 0 Å². The molecule has 100 valence electrons. The van der Waals surface area contributed by atoms with Gasteiger partial charge in [-0.1, -0.05) is 17.7 Å². The van der Waals surface area contributed by atoms with Crippen LogP contribution in [0, 0.1) is 11.6 Å². The van der Waals surface area contributed by atoms with Crippen LogP contribution in [0.15, 0.2) is 41.4 Å². The minimum Gasteiger partial charge on any atom is -0.276 e. The van der Waals surface area contributed by atoms with Crippen LogP contribution in [-0.2, 0) is 10.0 Å². The van der Waals surface area contributed by atoms with Crippen molar-refractivity contribution in [2.24, 2.45) is 0 Å². The number of sulfonamides is 1. The first-order valence-electron chi connectivity index (χ1n) is 4.99. The van der Waals surface area contributed by atoms with Gasteiger partial charge in [0.25, 0.3) is 10.0 Å². The molecule has 0 fully saturated rings. The number of nitrogens with one attached hydrogen (secondary N) is 1. The molecule has 0 aliphatic rings. The molecule has 1 N–H and O–H groups in total. The van der Waals surface area contributed by atoms with Crippen LogP contribution >= 0.6 is 11.6 Å². The van der Waals surface area contributed by atoms with E-state index in [2.05, 4.69) is 4.98 Å². The molecule has 1 aromatic heterocycles. The van der Waals surface area contributed by atoms with Gasteiger partial charge < -0.3 is 0 Å². The summed E-state index contributed by atoms with van der Waals surface area (Å²) < 4.78 is 52.7. The third kappa shape index (κ3) is 2.82. The summed E-state index contributed by atoms with van der Waals surface area (Å²) >= 11 is 5.67. The maximum absolute atomic E-state index is 13.4. The van der Waals surface area contributed by atoms with E-state index in [1.54, 1.807) is 0 Å². The molecular weight excluding hydrogens is 298 g/mol. The van der Waals surface area contributed by atoms with Gasteiger partial charge in [0.1, 0.15) is 11.6 Å². The molecule has 8 heteroatoms. The summed E-state index contributed by atoms with van der Waals surface area (Å²) in [6.45, 7) is 0. The first-order valence-corrected chi connectivity index (χ1v) is 6.85. The van der Waals surface area contributed by atoms with Gasteiger partial charge in [-0.05, 0) is 24.3 Å². The Labute approximate surface area is 113 Å². The van der Waals surface area contributed by atoms with Crippen molar-refractivity contribution < 1.29 is 17.2 Å². The summed E-state index contributed by atoms with van der Waals surface area (Å²) in [7, 11) is -4.42. The lowest BCUT2D eigenvalue weighted by Crippen LogP contribution is -2.16. The number of hydrogen-bond acceptors (Lipinski definition) is 3. The fourth-order valence-corrected chi connectivity index (χ4v) is 2.83. The van der Waals surface area contributed by atoms with Gasteiger partial charge in [-0.3, -0.25) is 4.72 Å². The number of benzene rings is 1. The van der Waals surface area contributed by atoms with Gasteiger partial charge in [0.05, 0.1) is 5.69 Å². The molecule has 0 unspecified atom stereocenters. The highest BCUT2D eigenvalue weighted by molar-refractivity contribution is 7.92. The summed E-state index contributed by atoms with van der Waals surface area (Å²) in [6, 6.07) is 5.53. The molecule has 4 nitrogen and oxygen atoms in total. The molecule has 0 spiro atoms. The van der Waals surface area contributed by atoms with Gasteiger partial charge in [-0.2, -0.15) is 0 Å². The van der Waals surface area contributed by atoms with E-state index < -0.39 is 26.6 Å². The van der Waals surface area contributed by atoms with E-state index in [-0.39, 0.29) is 10.8 Å². The molecule has 0 saturated carbocycles. The summed E-state index contributed by atoms with van der Waals surface area (Å²) in [5, 5.41) is -0.122. The molecule has 0 amide bonds. The first kappa shape index (κ1) is 13.7. The Balaban J connectivity index is 2.47. The van der Waals surface area contributed by atoms with Crippen molar-refractivity contribution in [3.05, 3.63) is 53.3 Å². The molecular formula is C11H7ClF2N2O2S. The fourth-order valence-electron chi connectivity index (χ4n) is 1.40. The molecule has 19 heavy (non-hydrogen) atoms. The minimum atomic E-state index is -4.42. The van der Waals surface area contributed by atoms with Crippen LogP contribution in [0.5, 0.6) is 0 Å². The predicted octanol–water partition coefficient (Wildman–Crippen LogP) is 2.81. The zero-order valence-corrected chi connectivity index (χ0v) is 10.8. The lowest BCUT2D eigenvalue weighted by atomic mass is 10.3. The third-order valence-corrected chi connectivity index (χ3v) is 3.91. The molecule has 0 saturated heterocycles. The lowest BCUT2D eigenvalue weighted by molar-refractivity contribution is 0.521. The van der Waals surface area contributed by atoms with Crippen molar-refractivity contribution >= 4 is 27.3 Å². The Morgan fingerprint density at radius 1 is 1.11 bits per heavy atom. The number of rotatable bonds is 3. The Hall–Kier alpha value is -1.73. The number of anilines is 1. The van der Waals surface area contributed by atoms with Gasteiger partial charge in [0.2, 0.25) is 0 Å². The second-order valence-electron chi connectivity index (χ2n) is 3.50. The smallest absolute Gasteiger partial charge is 0.267 e. The van der Waals surface area contributed by atoms with Crippen molar-refractivity contribution in [2.75, 3.05) is 4.72 Å². The van der Waals surface area contributed by atoms with Crippen molar-refractivity contribution in [1.29, 1.82) is 0 Å². The largest absolute Gasteiger partial charge is 0.276 e. The lowest BCUT2D eigenvalue weighted by Gasteiger charge is -2.10. The molecule has 2 aromatic rings. The van der Waals surface area contributed by atoms with Crippen molar-refractivity contribution in [3.8, 4) is 0 Å². The molecule has 2 rings (SSSR count). The van der Waals surface area contributed by atoms with Crippen LogP contribution in [0.4, 0.5) is 14.5 Å². The van der Waals surface area contributed by atoms with E-state index in [1.807, 2.05) is 4.72 Å². The first-order chi connectivity index (χ1) is 8.92. The fraction of sp³-hybridized carbons (Fsp3) is 0. The van der Waals surface area contributed by atoms with Crippen LogP contribution in [-0.4, -0.2) is 13.4 Å². The third-order valence-electron chi connectivity index (χ3n) is 2.19. The molecule has 1 heterocycles. The van der Waals surface area contributed by atoms with E-state index in [1.165, 1.54) is 18.3 Å². The zero-order chi connectivity index (χ0) is 14.0. The van der Waals surface area contributed by atoms with Gasteiger partial charge >= 0.3 is 0 Å². The highest BCUT2D eigenvalue weighted by Crippen LogP contribution is 2.24. The van der Waals surface area contributed by atoms with E-state index in [4.69, 9.17) is 11.6 Å². The molecule has 0 bridgehead atoms. The summed E-state index contributed by atoms with van der Waals surface area (Å²) in [5.74, 6) is -2.37. The number of nitrogens with zero attached hydrogens (tertiary/aromatic N) is 1. The molecule has 0 aliphatic carbocycles. The summed E-state index contributed by atoms with van der Waals surface area (Å²) in [5.41, 5.74) is -0.0631. The molecule has 1 aromatic carbocycles. The minimum absolute atomic E-state index is 0.0631. The number of aromatic nitrogens is 1. The second-order valence-corrected chi connectivity index (χ2v) is 5.48. The number of hydrogen-bond donors (Lipinski definition) is 1. The van der Waals surface area contributed by atoms with Gasteiger partial charge in [0.15, 0.2) is 10.0 Å². The van der Waals surface area contributed by atoms with Crippen molar-refractivity contribution in [3.63, 3.8) is 0 Å². The van der Waals surface area contributed by atoms with Gasteiger partial charge in [-0.25, -0.2) is 22.2 Å². The highest BCUT2D eigenvalue weighted by Gasteiger charge is 2.24. The quantitative estimate of drug-likeness (QED) is 0.887. The standard InChI is InChI=1S/C11H7ClF2N2O2S/c12-11-9(5-2-6-15-11)16-19(17,18)10-7(13)3-1-4-8(10)14/h1-6,16H. The Morgan fingerprint density at radius 3 is 2.32 bits per heavy atom. The van der Waals surface area contributed by atoms with E-state index >= 15 is 0 Å². The maximum Gasteiger partial charge on any atom is 0.267 e. The van der Waals surface area contributed by atoms with Gasteiger partial charge in [-0.15, -0.1) is 0 Å². The maximum atomic E-state index is 13.4. The Bertz CT molecular complexity index is 702. The van der Waals surface area contributed by atoms with E-state index in [9.17, 15) is 17.2 Å². The number of halogens is 3. The van der Waals surface area contributed by atoms with E-state index in [0.717, 1.165) is 18.2 Å². The van der Waals surface area contributed by atoms with Crippen LogP contribution in [0.1, 0.15) is 0 Å². The molecule has 0 radical (unpaired) electrons. The topological polar surface area (TPSA) is 59.1 Å². The average Bonchev–Trinajstić information content (AvgIpc) is 2.31. The van der Waals surface area contributed by atoms with Crippen LogP contribution in [0.25, 0.3) is 0 Å². The Morgan fingerprint density at radius 2 is 1.74 bits per heavy atom. The normalized spacial score (nSPS) is 11.3. The predicted molar refractivity (Wildman–Crippen MR) is 66.4 cm³/mol. The van der Waals surface area contributed by atoms with Crippen molar-refractivity contribution in [2.45, 2.75) is 4.90 Å². The Kier molecular flexibility index (Phi) is 3.68. The summed E-state index contributed by atoms with van der Waals surface area (Å²) in [6.07, 6.45) is 1.35. The average molecular weight is 305 g/mol. The SMILES string of the molecule is O=S(=O)(Nc1cccnc1Cl)c1c(F)cccc1F. The van der Waals surface area contributed by atoms with Crippen molar-refractivity contribution in [1.82, 2.24) is 4.98 Å². The van der Waals surface area contributed by atoms with E-state index in [0.29, 0.717) is 0 Å². The van der Waals surface area contributed by atoms with Crippen LogP contribution in [0.2, 0.25) is 5.15 Å². The monoisotopic (exact) mass is 304 g/mol. The second kappa shape index (κ2) is 5.10. The highest BCUT2D eigenvalue weighted by atomic mass is 35.5. The summed E-state index contributed by atoms with van der Waals surface area (Å²) in [4.78, 5) is 2.59. The molecule has 0 aliphatic heterocycles. The number of pyridine rings is 1. The molecule has 0 atom stereocenters. The van der Waals surface area contributed by atoms with Gasteiger partial charge in [0, 0.05) is 6.20 Å². The van der Waals surface area contributed by atoms with Crippen LogP contribution < -0.4 is 4.72 Å². The zero-order valence-electron chi connectivity index (χ0n) is 9.27.